The zero-order chi connectivity index (χ0) is 22.6. The Bertz CT molecular complexity index is 996. The SMILES string of the molecule is CC(C)N1CCN(CCNC2CCN(c3cccc(-c4cc5ccccc5o4)c3)CC2)CC1. The number of benzene rings is 2. The summed E-state index contributed by atoms with van der Waals surface area (Å²) in [5.74, 6) is 0.948. The second-order valence-corrected chi connectivity index (χ2v) is 9.89. The molecule has 0 amide bonds. The molecule has 2 fully saturated rings. The molecule has 33 heavy (non-hydrogen) atoms. The van der Waals surface area contributed by atoms with E-state index in [0.717, 1.165) is 41.9 Å². The average Bonchev–Trinajstić information content (AvgIpc) is 3.29. The first-order valence-electron chi connectivity index (χ1n) is 12.7. The standard InChI is InChI=1S/C28H38N4O/c1-22(2)31-18-16-30(17-19-31)15-12-29-25-10-13-32(14-11-25)26-8-5-7-23(20-26)28-21-24-6-3-4-9-27(24)33-28/h3-9,20-22,25,29H,10-19H2,1-2H3. The van der Waals surface area contributed by atoms with Gasteiger partial charge >= 0.3 is 0 Å². The Balaban J connectivity index is 1.09. The molecule has 0 unspecified atom stereocenters. The van der Waals surface area contributed by atoms with Crippen molar-refractivity contribution in [2.45, 2.75) is 38.8 Å². The predicted octanol–water partition coefficient (Wildman–Crippen LogP) is 4.68. The second-order valence-electron chi connectivity index (χ2n) is 9.89. The van der Waals surface area contributed by atoms with Gasteiger partial charge in [0.2, 0.25) is 0 Å². The summed E-state index contributed by atoms with van der Waals surface area (Å²) in [4.78, 5) is 7.73. The molecule has 176 valence electrons. The lowest BCUT2D eigenvalue weighted by atomic mass is 10.0. The van der Waals surface area contributed by atoms with E-state index in [1.165, 1.54) is 51.3 Å². The number of furan rings is 1. The normalized spacial score (nSPS) is 19.1. The monoisotopic (exact) mass is 446 g/mol. The smallest absolute Gasteiger partial charge is 0.135 e. The highest BCUT2D eigenvalue weighted by Crippen LogP contribution is 2.31. The first-order chi connectivity index (χ1) is 16.2. The Kier molecular flexibility index (Phi) is 7.00. The van der Waals surface area contributed by atoms with Gasteiger partial charge in [0.05, 0.1) is 0 Å². The van der Waals surface area contributed by atoms with Crippen molar-refractivity contribution < 1.29 is 4.42 Å². The van der Waals surface area contributed by atoms with Crippen LogP contribution in [0.1, 0.15) is 26.7 Å². The number of para-hydroxylation sites is 1. The zero-order valence-corrected chi connectivity index (χ0v) is 20.2. The summed E-state index contributed by atoms with van der Waals surface area (Å²) in [7, 11) is 0. The van der Waals surface area contributed by atoms with Crippen molar-refractivity contribution in [3.05, 3.63) is 54.6 Å². The van der Waals surface area contributed by atoms with E-state index in [9.17, 15) is 0 Å². The van der Waals surface area contributed by atoms with Crippen LogP contribution in [0.5, 0.6) is 0 Å². The van der Waals surface area contributed by atoms with Gasteiger partial charge in [-0.25, -0.2) is 0 Å². The average molecular weight is 447 g/mol. The fourth-order valence-electron chi connectivity index (χ4n) is 5.25. The van der Waals surface area contributed by atoms with Crippen molar-refractivity contribution >= 4 is 16.7 Å². The maximum Gasteiger partial charge on any atom is 0.135 e. The number of piperidine rings is 1. The van der Waals surface area contributed by atoms with Crippen LogP contribution >= 0.6 is 0 Å². The highest BCUT2D eigenvalue weighted by molar-refractivity contribution is 5.83. The van der Waals surface area contributed by atoms with Crippen molar-refractivity contribution in [2.24, 2.45) is 0 Å². The predicted molar refractivity (Wildman–Crippen MR) is 138 cm³/mol. The summed E-state index contributed by atoms with van der Waals surface area (Å²) in [6.07, 6.45) is 2.41. The van der Waals surface area contributed by atoms with E-state index in [1.54, 1.807) is 0 Å². The molecule has 1 aromatic heterocycles. The molecule has 2 saturated heterocycles. The Morgan fingerprint density at radius 1 is 0.909 bits per heavy atom. The molecule has 0 aliphatic carbocycles. The molecule has 5 nitrogen and oxygen atoms in total. The van der Waals surface area contributed by atoms with E-state index in [2.05, 4.69) is 76.3 Å². The molecule has 5 rings (SSSR count). The van der Waals surface area contributed by atoms with Gasteiger partial charge in [-0.05, 0) is 51.0 Å². The van der Waals surface area contributed by atoms with Gasteiger partial charge in [0.1, 0.15) is 11.3 Å². The van der Waals surface area contributed by atoms with Crippen molar-refractivity contribution in [1.82, 2.24) is 15.1 Å². The number of fused-ring (bicyclic) bond motifs is 1. The second kappa shape index (κ2) is 10.3. The maximum atomic E-state index is 6.09. The molecule has 0 spiro atoms. The summed E-state index contributed by atoms with van der Waals surface area (Å²) >= 11 is 0. The van der Waals surface area contributed by atoms with Crippen LogP contribution in [0.3, 0.4) is 0 Å². The van der Waals surface area contributed by atoms with Gasteiger partial charge in [-0.15, -0.1) is 0 Å². The molecular formula is C28H38N4O. The van der Waals surface area contributed by atoms with Gasteiger partial charge in [0.15, 0.2) is 0 Å². The third-order valence-electron chi connectivity index (χ3n) is 7.41. The molecule has 0 saturated carbocycles. The lowest BCUT2D eigenvalue weighted by Crippen LogP contribution is -2.51. The largest absolute Gasteiger partial charge is 0.456 e. The van der Waals surface area contributed by atoms with Crippen LogP contribution in [0.25, 0.3) is 22.3 Å². The minimum Gasteiger partial charge on any atom is -0.456 e. The summed E-state index contributed by atoms with van der Waals surface area (Å²) in [5, 5.41) is 4.99. The Labute approximate surface area is 198 Å². The third-order valence-corrected chi connectivity index (χ3v) is 7.41. The quantitative estimate of drug-likeness (QED) is 0.570. The molecule has 0 bridgehead atoms. The van der Waals surface area contributed by atoms with Crippen LogP contribution in [-0.2, 0) is 0 Å². The van der Waals surface area contributed by atoms with Gasteiger partial charge in [0.25, 0.3) is 0 Å². The van der Waals surface area contributed by atoms with Crippen molar-refractivity contribution in [3.63, 3.8) is 0 Å². The van der Waals surface area contributed by atoms with Gasteiger partial charge in [0, 0.05) is 81.1 Å². The molecular weight excluding hydrogens is 408 g/mol. The Hall–Kier alpha value is -2.34. The number of anilines is 1. The lowest BCUT2D eigenvalue weighted by Gasteiger charge is -2.37. The zero-order valence-electron chi connectivity index (χ0n) is 20.2. The number of nitrogens with zero attached hydrogens (tertiary/aromatic N) is 3. The van der Waals surface area contributed by atoms with Crippen LogP contribution in [0.4, 0.5) is 5.69 Å². The molecule has 2 aromatic carbocycles. The molecule has 5 heteroatoms. The number of nitrogens with one attached hydrogen (secondary N) is 1. The Morgan fingerprint density at radius 2 is 1.70 bits per heavy atom. The van der Waals surface area contributed by atoms with E-state index in [4.69, 9.17) is 4.42 Å². The first-order valence-corrected chi connectivity index (χ1v) is 12.7. The third kappa shape index (κ3) is 5.43. The molecule has 2 aliphatic heterocycles. The molecule has 2 aliphatic rings. The van der Waals surface area contributed by atoms with E-state index < -0.39 is 0 Å². The van der Waals surface area contributed by atoms with Gasteiger partial charge in [-0.1, -0.05) is 30.3 Å². The van der Waals surface area contributed by atoms with Gasteiger partial charge in [-0.2, -0.15) is 0 Å². The molecule has 3 heterocycles. The summed E-state index contributed by atoms with van der Waals surface area (Å²) < 4.78 is 6.09. The Morgan fingerprint density at radius 3 is 2.45 bits per heavy atom. The lowest BCUT2D eigenvalue weighted by molar-refractivity contribution is 0.108. The van der Waals surface area contributed by atoms with Gasteiger partial charge in [-0.3, -0.25) is 9.80 Å². The van der Waals surface area contributed by atoms with Crippen LogP contribution in [0, 0.1) is 0 Å². The van der Waals surface area contributed by atoms with Crippen LogP contribution in [-0.4, -0.2) is 74.2 Å². The molecule has 1 N–H and O–H groups in total. The van der Waals surface area contributed by atoms with Crippen LogP contribution in [0.2, 0.25) is 0 Å². The minimum atomic E-state index is 0.636. The van der Waals surface area contributed by atoms with Crippen LogP contribution < -0.4 is 10.2 Å². The van der Waals surface area contributed by atoms with E-state index in [-0.39, 0.29) is 0 Å². The number of piperazine rings is 1. The highest BCUT2D eigenvalue weighted by Gasteiger charge is 2.21. The fourth-order valence-corrected chi connectivity index (χ4v) is 5.25. The van der Waals surface area contributed by atoms with E-state index in [1.807, 2.05) is 12.1 Å². The van der Waals surface area contributed by atoms with Gasteiger partial charge < -0.3 is 14.6 Å². The highest BCUT2D eigenvalue weighted by atomic mass is 16.3. The molecule has 0 atom stereocenters. The first kappa shape index (κ1) is 22.5. The summed E-state index contributed by atoms with van der Waals surface area (Å²) in [6.45, 7) is 13.9. The summed E-state index contributed by atoms with van der Waals surface area (Å²) in [5.41, 5.74) is 3.41. The van der Waals surface area contributed by atoms with E-state index in [0.29, 0.717) is 12.1 Å². The van der Waals surface area contributed by atoms with Crippen molar-refractivity contribution in [3.8, 4) is 11.3 Å². The topological polar surface area (TPSA) is 34.9 Å². The van der Waals surface area contributed by atoms with Crippen molar-refractivity contribution in [1.29, 1.82) is 0 Å². The minimum absolute atomic E-state index is 0.636. The fraction of sp³-hybridized carbons (Fsp3) is 0.500. The summed E-state index contributed by atoms with van der Waals surface area (Å²) in [6, 6.07) is 20.5. The van der Waals surface area contributed by atoms with Crippen molar-refractivity contribution in [2.75, 3.05) is 57.3 Å². The number of rotatable bonds is 7. The van der Waals surface area contributed by atoms with E-state index >= 15 is 0 Å². The molecule has 3 aromatic rings. The number of hydrogen-bond donors (Lipinski definition) is 1. The number of hydrogen-bond acceptors (Lipinski definition) is 5. The molecule has 0 radical (unpaired) electrons. The maximum absolute atomic E-state index is 6.09. The van der Waals surface area contributed by atoms with Crippen LogP contribution in [0.15, 0.2) is 59.0 Å².